The van der Waals surface area contributed by atoms with E-state index in [4.69, 9.17) is 5.73 Å². The number of hydrogen-bond donors (Lipinski definition) is 2. The second-order valence-corrected chi connectivity index (χ2v) is 5.29. The lowest BCUT2D eigenvalue weighted by molar-refractivity contribution is 0.0950. The molecule has 2 aromatic rings. The highest BCUT2D eigenvalue weighted by Gasteiger charge is 2.44. The molecule has 0 spiro atoms. The first-order valence-electron chi connectivity index (χ1n) is 6.70. The number of carbonyl (C=O) groups excluding carboxylic acids is 1. The molecule has 21 heavy (non-hydrogen) atoms. The maximum absolute atomic E-state index is 13.0. The molecule has 5 nitrogen and oxygen atoms in total. The number of nitrogens with zero attached hydrogens (tertiary/aromatic N) is 2. The highest BCUT2D eigenvalue weighted by Crippen LogP contribution is 2.47. The average Bonchev–Trinajstić information content (AvgIpc) is 3.27. The van der Waals surface area contributed by atoms with Gasteiger partial charge in [0.05, 0.1) is 5.56 Å². The summed E-state index contributed by atoms with van der Waals surface area (Å²) in [5.41, 5.74) is 6.87. The predicted molar refractivity (Wildman–Crippen MR) is 76.1 cm³/mol. The van der Waals surface area contributed by atoms with Gasteiger partial charge in [-0.25, -0.2) is 14.4 Å². The SMILES string of the molecule is Nc1ncncc1C(=O)NCC1(c2ccc(F)cc2)CC1. The topological polar surface area (TPSA) is 80.9 Å². The van der Waals surface area contributed by atoms with Gasteiger partial charge in [-0.2, -0.15) is 0 Å². The van der Waals surface area contributed by atoms with Gasteiger partial charge in [0.1, 0.15) is 18.0 Å². The van der Waals surface area contributed by atoms with Crippen LogP contribution in [-0.4, -0.2) is 22.4 Å². The number of halogens is 1. The van der Waals surface area contributed by atoms with Crippen LogP contribution in [0.25, 0.3) is 0 Å². The van der Waals surface area contributed by atoms with Gasteiger partial charge < -0.3 is 11.1 Å². The lowest BCUT2D eigenvalue weighted by Crippen LogP contribution is -2.32. The highest BCUT2D eigenvalue weighted by molar-refractivity contribution is 5.97. The molecule has 3 rings (SSSR count). The van der Waals surface area contributed by atoms with E-state index in [-0.39, 0.29) is 28.5 Å². The molecule has 1 aliphatic rings. The Labute approximate surface area is 121 Å². The molecule has 1 heterocycles. The number of amides is 1. The molecule has 1 fully saturated rings. The van der Waals surface area contributed by atoms with Crippen molar-refractivity contribution in [2.75, 3.05) is 12.3 Å². The van der Waals surface area contributed by atoms with Crippen LogP contribution in [0.3, 0.4) is 0 Å². The molecule has 0 aliphatic heterocycles. The van der Waals surface area contributed by atoms with Crippen molar-refractivity contribution in [3.05, 3.63) is 53.7 Å². The lowest BCUT2D eigenvalue weighted by Gasteiger charge is -2.16. The molecule has 108 valence electrons. The fourth-order valence-electron chi connectivity index (χ4n) is 2.38. The van der Waals surface area contributed by atoms with Crippen LogP contribution in [0.1, 0.15) is 28.8 Å². The number of anilines is 1. The standard InChI is InChI=1S/C15H15FN4O/c16-11-3-1-10(2-4-11)15(5-6-15)8-19-14(21)12-7-18-9-20-13(12)17/h1-4,7,9H,5-6,8H2,(H,19,21)(H2,17,18,20). The minimum Gasteiger partial charge on any atom is -0.383 e. The van der Waals surface area contributed by atoms with E-state index in [1.807, 2.05) is 0 Å². The van der Waals surface area contributed by atoms with Gasteiger partial charge in [-0.1, -0.05) is 12.1 Å². The van der Waals surface area contributed by atoms with E-state index in [9.17, 15) is 9.18 Å². The smallest absolute Gasteiger partial charge is 0.256 e. The van der Waals surface area contributed by atoms with Gasteiger partial charge in [0.25, 0.3) is 5.91 Å². The number of nitrogen functional groups attached to an aromatic ring is 1. The van der Waals surface area contributed by atoms with E-state index in [0.29, 0.717) is 6.54 Å². The zero-order valence-corrected chi connectivity index (χ0v) is 11.3. The highest BCUT2D eigenvalue weighted by atomic mass is 19.1. The Morgan fingerprint density at radius 2 is 2.05 bits per heavy atom. The minimum absolute atomic E-state index is 0.0895. The molecule has 1 aliphatic carbocycles. The second-order valence-electron chi connectivity index (χ2n) is 5.29. The predicted octanol–water partition coefficient (Wildman–Crippen LogP) is 1.66. The van der Waals surface area contributed by atoms with Gasteiger partial charge in [-0.15, -0.1) is 0 Å². The zero-order valence-electron chi connectivity index (χ0n) is 11.3. The fourth-order valence-corrected chi connectivity index (χ4v) is 2.38. The minimum atomic E-state index is -0.290. The van der Waals surface area contributed by atoms with E-state index in [0.717, 1.165) is 18.4 Å². The zero-order chi connectivity index (χ0) is 14.9. The Bertz CT molecular complexity index is 668. The third kappa shape index (κ3) is 2.69. The van der Waals surface area contributed by atoms with Crippen molar-refractivity contribution in [3.8, 4) is 0 Å². The third-order valence-electron chi connectivity index (χ3n) is 3.89. The number of benzene rings is 1. The van der Waals surface area contributed by atoms with Crippen molar-refractivity contribution in [2.45, 2.75) is 18.3 Å². The largest absolute Gasteiger partial charge is 0.383 e. The fraction of sp³-hybridized carbons (Fsp3) is 0.267. The summed E-state index contributed by atoms with van der Waals surface area (Å²) in [5.74, 6) is -0.386. The normalized spacial score (nSPS) is 15.5. The first-order chi connectivity index (χ1) is 10.1. The third-order valence-corrected chi connectivity index (χ3v) is 3.89. The van der Waals surface area contributed by atoms with Crippen LogP contribution in [-0.2, 0) is 5.41 Å². The second kappa shape index (κ2) is 5.12. The average molecular weight is 286 g/mol. The first kappa shape index (κ1) is 13.5. The van der Waals surface area contributed by atoms with Crippen molar-refractivity contribution >= 4 is 11.7 Å². The summed E-state index contributed by atoms with van der Waals surface area (Å²) >= 11 is 0. The van der Waals surface area contributed by atoms with E-state index in [1.54, 1.807) is 12.1 Å². The van der Waals surface area contributed by atoms with Gasteiger partial charge in [0, 0.05) is 18.2 Å². The Morgan fingerprint density at radius 1 is 1.33 bits per heavy atom. The van der Waals surface area contributed by atoms with Crippen LogP contribution in [0.15, 0.2) is 36.8 Å². The summed E-state index contributed by atoms with van der Waals surface area (Å²) in [6.07, 6.45) is 4.64. The van der Waals surface area contributed by atoms with Crippen molar-refractivity contribution in [2.24, 2.45) is 0 Å². The van der Waals surface area contributed by atoms with Crippen molar-refractivity contribution in [3.63, 3.8) is 0 Å². The Morgan fingerprint density at radius 3 is 2.67 bits per heavy atom. The van der Waals surface area contributed by atoms with Gasteiger partial charge in [-0.3, -0.25) is 4.79 Å². The molecule has 6 heteroatoms. The molecule has 1 aromatic heterocycles. The summed E-state index contributed by atoms with van der Waals surface area (Å²) in [6.45, 7) is 0.492. The van der Waals surface area contributed by atoms with Crippen LogP contribution < -0.4 is 11.1 Å². The number of nitrogens with two attached hydrogens (primary N) is 1. The maximum atomic E-state index is 13.0. The van der Waals surface area contributed by atoms with Crippen LogP contribution in [0.5, 0.6) is 0 Å². The Kier molecular flexibility index (Phi) is 3.29. The molecular weight excluding hydrogens is 271 g/mol. The number of rotatable bonds is 4. The summed E-state index contributed by atoms with van der Waals surface area (Å²) in [4.78, 5) is 19.7. The molecule has 0 saturated heterocycles. The molecule has 0 unspecified atom stereocenters. The summed E-state index contributed by atoms with van der Waals surface area (Å²) in [7, 11) is 0. The lowest BCUT2D eigenvalue weighted by atomic mass is 9.96. The monoisotopic (exact) mass is 286 g/mol. The van der Waals surface area contributed by atoms with Crippen molar-refractivity contribution in [1.29, 1.82) is 0 Å². The molecule has 0 radical (unpaired) electrons. The number of carbonyl (C=O) groups is 1. The van der Waals surface area contributed by atoms with E-state index >= 15 is 0 Å². The molecule has 0 bridgehead atoms. The number of aromatic nitrogens is 2. The van der Waals surface area contributed by atoms with Crippen LogP contribution >= 0.6 is 0 Å². The van der Waals surface area contributed by atoms with Gasteiger partial charge in [0.15, 0.2) is 0 Å². The number of nitrogens with one attached hydrogen (secondary N) is 1. The maximum Gasteiger partial charge on any atom is 0.256 e. The molecule has 0 atom stereocenters. The Hall–Kier alpha value is -2.50. The van der Waals surface area contributed by atoms with Gasteiger partial charge >= 0.3 is 0 Å². The van der Waals surface area contributed by atoms with Crippen LogP contribution in [0.2, 0.25) is 0 Å². The van der Waals surface area contributed by atoms with E-state index in [1.165, 1.54) is 24.7 Å². The van der Waals surface area contributed by atoms with Crippen molar-refractivity contribution in [1.82, 2.24) is 15.3 Å². The van der Waals surface area contributed by atoms with Gasteiger partial charge in [0.2, 0.25) is 0 Å². The molecular formula is C15H15FN4O. The summed E-state index contributed by atoms with van der Waals surface area (Å²) < 4.78 is 13.0. The molecule has 1 amide bonds. The van der Waals surface area contributed by atoms with E-state index < -0.39 is 0 Å². The van der Waals surface area contributed by atoms with E-state index in [2.05, 4.69) is 15.3 Å². The van der Waals surface area contributed by atoms with Crippen LogP contribution in [0, 0.1) is 5.82 Å². The quantitative estimate of drug-likeness (QED) is 0.895. The van der Waals surface area contributed by atoms with Crippen molar-refractivity contribution < 1.29 is 9.18 Å². The van der Waals surface area contributed by atoms with Crippen LogP contribution in [0.4, 0.5) is 10.2 Å². The molecule has 1 saturated carbocycles. The van der Waals surface area contributed by atoms with Gasteiger partial charge in [-0.05, 0) is 30.5 Å². The summed E-state index contributed by atoms with van der Waals surface area (Å²) in [6, 6.07) is 6.43. The molecule has 1 aromatic carbocycles. The summed E-state index contributed by atoms with van der Waals surface area (Å²) in [5, 5.41) is 2.86. The molecule has 3 N–H and O–H groups in total. The number of hydrogen-bond acceptors (Lipinski definition) is 4. The first-order valence-corrected chi connectivity index (χ1v) is 6.70. The Balaban J connectivity index is 1.69.